The molecule has 0 nitrogen and oxygen atoms in total. The second-order valence-electron chi connectivity index (χ2n) is 6.10. The average molecular weight is 210 g/mol. The predicted octanol–water partition coefficient (Wildman–Crippen LogP) is 5.59. The molecular formula is C15H30. The van der Waals surface area contributed by atoms with Crippen molar-refractivity contribution >= 4 is 0 Å². The fourth-order valence-corrected chi connectivity index (χ4v) is 1.88. The lowest BCUT2D eigenvalue weighted by molar-refractivity contribution is 0.134. The molecule has 15 heavy (non-hydrogen) atoms. The van der Waals surface area contributed by atoms with Crippen molar-refractivity contribution < 1.29 is 0 Å². The highest BCUT2D eigenvalue weighted by Gasteiger charge is 2.36. The Morgan fingerprint density at radius 1 is 1.00 bits per heavy atom. The van der Waals surface area contributed by atoms with Crippen LogP contribution in [0.4, 0.5) is 0 Å². The summed E-state index contributed by atoms with van der Waals surface area (Å²) in [5.74, 6) is 0. The summed E-state index contributed by atoms with van der Waals surface area (Å²) in [7, 11) is 0. The molecule has 90 valence electrons. The van der Waals surface area contributed by atoms with Crippen molar-refractivity contribution in [1.82, 2.24) is 0 Å². The molecule has 0 aliphatic carbocycles. The predicted molar refractivity (Wildman–Crippen MR) is 71.1 cm³/mol. The Balaban J connectivity index is 4.22. The maximum absolute atomic E-state index is 4.14. The molecule has 0 N–H and O–H groups in total. The number of hydrogen-bond donors (Lipinski definition) is 0. The maximum atomic E-state index is 4.14. The molecule has 0 aromatic heterocycles. The second kappa shape index (κ2) is 5.72. The molecular weight excluding hydrogens is 180 g/mol. The first-order valence-electron chi connectivity index (χ1n) is 6.41. The molecule has 0 saturated heterocycles. The molecule has 0 heterocycles. The van der Waals surface area contributed by atoms with Gasteiger partial charge in [0.15, 0.2) is 0 Å². The first-order chi connectivity index (χ1) is 6.75. The van der Waals surface area contributed by atoms with E-state index in [2.05, 4.69) is 48.1 Å². The Morgan fingerprint density at radius 2 is 1.53 bits per heavy atom. The van der Waals surface area contributed by atoms with E-state index in [0.717, 1.165) is 0 Å². The summed E-state index contributed by atoms with van der Waals surface area (Å²) in [5, 5.41) is 0. The third kappa shape index (κ3) is 4.01. The molecule has 0 amide bonds. The summed E-state index contributed by atoms with van der Waals surface area (Å²) in [6.45, 7) is 18.0. The van der Waals surface area contributed by atoms with Gasteiger partial charge in [0, 0.05) is 0 Å². The van der Waals surface area contributed by atoms with Crippen LogP contribution in [0.25, 0.3) is 0 Å². The van der Waals surface area contributed by atoms with E-state index in [1.807, 2.05) is 0 Å². The SMILES string of the molecule is C=C(C)C(C)(C)C(C)(C)CCCCCC. The second-order valence-corrected chi connectivity index (χ2v) is 6.10. The molecule has 0 bridgehead atoms. The molecule has 0 atom stereocenters. The van der Waals surface area contributed by atoms with Gasteiger partial charge in [0.2, 0.25) is 0 Å². The van der Waals surface area contributed by atoms with Gasteiger partial charge in [0.05, 0.1) is 0 Å². The number of rotatable bonds is 7. The van der Waals surface area contributed by atoms with Crippen LogP contribution in [0.3, 0.4) is 0 Å². The van der Waals surface area contributed by atoms with E-state index >= 15 is 0 Å². The molecule has 0 heteroatoms. The van der Waals surface area contributed by atoms with Crippen LogP contribution in [-0.2, 0) is 0 Å². The van der Waals surface area contributed by atoms with Crippen LogP contribution in [-0.4, -0.2) is 0 Å². The monoisotopic (exact) mass is 210 g/mol. The van der Waals surface area contributed by atoms with Gasteiger partial charge in [-0.25, -0.2) is 0 Å². The fraction of sp³-hybridized carbons (Fsp3) is 0.867. The lowest BCUT2D eigenvalue weighted by Crippen LogP contribution is -2.33. The maximum Gasteiger partial charge on any atom is -0.00990 e. The molecule has 0 aliphatic rings. The molecule has 0 unspecified atom stereocenters. The Morgan fingerprint density at radius 3 is 1.93 bits per heavy atom. The highest BCUT2D eigenvalue weighted by Crippen LogP contribution is 2.46. The summed E-state index contributed by atoms with van der Waals surface area (Å²) in [6.07, 6.45) is 6.75. The van der Waals surface area contributed by atoms with Crippen LogP contribution in [0.5, 0.6) is 0 Å². The third-order valence-corrected chi connectivity index (χ3v) is 4.41. The molecule has 0 saturated carbocycles. The summed E-state index contributed by atoms with van der Waals surface area (Å²) in [5.41, 5.74) is 1.93. The fourth-order valence-electron chi connectivity index (χ4n) is 1.88. The van der Waals surface area contributed by atoms with Crippen LogP contribution >= 0.6 is 0 Å². The van der Waals surface area contributed by atoms with E-state index in [4.69, 9.17) is 0 Å². The summed E-state index contributed by atoms with van der Waals surface area (Å²) < 4.78 is 0. The Kier molecular flexibility index (Phi) is 5.62. The molecule has 0 aromatic rings. The zero-order valence-electron chi connectivity index (χ0n) is 11.7. The van der Waals surface area contributed by atoms with Gasteiger partial charge in [-0.15, -0.1) is 0 Å². The minimum absolute atomic E-state index is 0.249. The molecule has 0 rings (SSSR count). The minimum Gasteiger partial charge on any atom is -0.0996 e. The molecule has 0 aromatic carbocycles. The highest BCUT2D eigenvalue weighted by atomic mass is 14.4. The van der Waals surface area contributed by atoms with Gasteiger partial charge < -0.3 is 0 Å². The van der Waals surface area contributed by atoms with Gasteiger partial charge >= 0.3 is 0 Å². The van der Waals surface area contributed by atoms with Gasteiger partial charge in [0.25, 0.3) is 0 Å². The van der Waals surface area contributed by atoms with Crippen LogP contribution in [0.1, 0.15) is 73.6 Å². The van der Waals surface area contributed by atoms with E-state index < -0.39 is 0 Å². The van der Waals surface area contributed by atoms with Crippen molar-refractivity contribution in [1.29, 1.82) is 0 Å². The van der Waals surface area contributed by atoms with Crippen molar-refractivity contribution in [2.24, 2.45) is 10.8 Å². The quantitative estimate of drug-likeness (QED) is 0.380. The van der Waals surface area contributed by atoms with Gasteiger partial charge in [-0.1, -0.05) is 72.5 Å². The summed E-state index contributed by atoms with van der Waals surface area (Å²) in [4.78, 5) is 0. The van der Waals surface area contributed by atoms with Crippen LogP contribution < -0.4 is 0 Å². The highest BCUT2D eigenvalue weighted by molar-refractivity contribution is 5.09. The first kappa shape index (κ1) is 14.7. The van der Waals surface area contributed by atoms with Crippen molar-refractivity contribution in [2.75, 3.05) is 0 Å². The normalized spacial score (nSPS) is 12.9. The molecule has 0 radical (unpaired) electrons. The van der Waals surface area contributed by atoms with Crippen LogP contribution in [0.2, 0.25) is 0 Å². The van der Waals surface area contributed by atoms with E-state index in [9.17, 15) is 0 Å². The zero-order chi connectivity index (χ0) is 12.1. The Labute approximate surface area is 97.2 Å². The van der Waals surface area contributed by atoms with E-state index in [-0.39, 0.29) is 5.41 Å². The summed E-state index contributed by atoms with van der Waals surface area (Å²) >= 11 is 0. The standard InChI is InChI=1S/C15H30/c1-8-9-10-11-12-14(4,5)15(6,7)13(2)3/h2,8-12H2,1,3-7H3. The number of hydrogen-bond acceptors (Lipinski definition) is 0. The summed E-state index contributed by atoms with van der Waals surface area (Å²) in [6, 6.07) is 0. The zero-order valence-corrected chi connectivity index (χ0v) is 11.7. The first-order valence-corrected chi connectivity index (χ1v) is 6.41. The van der Waals surface area contributed by atoms with Crippen molar-refractivity contribution in [3.63, 3.8) is 0 Å². The molecule has 0 spiro atoms. The van der Waals surface area contributed by atoms with Gasteiger partial charge in [-0.05, 0) is 24.2 Å². The van der Waals surface area contributed by atoms with E-state index in [1.54, 1.807) is 0 Å². The van der Waals surface area contributed by atoms with Crippen molar-refractivity contribution in [3.05, 3.63) is 12.2 Å². The minimum atomic E-state index is 0.249. The third-order valence-electron chi connectivity index (χ3n) is 4.41. The van der Waals surface area contributed by atoms with E-state index in [1.165, 1.54) is 37.7 Å². The van der Waals surface area contributed by atoms with Crippen molar-refractivity contribution in [2.45, 2.75) is 73.6 Å². The molecule has 0 fully saturated rings. The largest absolute Gasteiger partial charge is 0.0996 e. The molecule has 0 aliphatic heterocycles. The lowest BCUT2D eigenvalue weighted by Gasteiger charge is -2.43. The van der Waals surface area contributed by atoms with Gasteiger partial charge in [-0.3, -0.25) is 0 Å². The van der Waals surface area contributed by atoms with Crippen molar-refractivity contribution in [3.8, 4) is 0 Å². The van der Waals surface area contributed by atoms with Gasteiger partial charge in [0.1, 0.15) is 0 Å². The van der Waals surface area contributed by atoms with Gasteiger partial charge in [-0.2, -0.15) is 0 Å². The van der Waals surface area contributed by atoms with Crippen LogP contribution in [0.15, 0.2) is 12.2 Å². The van der Waals surface area contributed by atoms with E-state index in [0.29, 0.717) is 5.41 Å². The van der Waals surface area contributed by atoms with Crippen LogP contribution in [0, 0.1) is 10.8 Å². The Hall–Kier alpha value is -0.260. The Bertz CT molecular complexity index is 196. The number of allylic oxidation sites excluding steroid dienone is 1. The average Bonchev–Trinajstić information content (AvgIpc) is 2.12. The smallest absolute Gasteiger partial charge is 0.00990 e. The number of unbranched alkanes of at least 4 members (excludes halogenated alkanes) is 3. The topological polar surface area (TPSA) is 0 Å². The lowest BCUT2D eigenvalue weighted by atomic mass is 9.62.